The van der Waals surface area contributed by atoms with E-state index >= 15 is 0 Å². The minimum Gasteiger partial charge on any atom is -0.324 e. The number of pyridine rings is 1. The topological polar surface area (TPSA) is 59.8 Å². The highest BCUT2D eigenvalue weighted by atomic mass is 32.1. The number of rotatable bonds is 4. The third kappa shape index (κ3) is 2.92. The molecule has 0 aromatic carbocycles. The number of hydrogen-bond donors (Lipinski definition) is 1. The molecule has 3 aromatic rings. The fraction of sp³-hybridized carbons (Fsp3) is 0.0714. The van der Waals surface area contributed by atoms with Crippen molar-refractivity contribution in [2.45, 2.75) is 6.42 Å². The molecule has 5 nitrogen and oxygen atoms in total. The Morgan fingerprint density at radius 2 is 2.15 bits per heavy atom. The molecule has 1 N–H and O–H groups in total. The number of hydrogen-bond acceptors (Lipinski definition) is 4. The van der Waals surface area contributed by atoms with Crippen LogP contribution < -0.4 is 5.32 Å². The number of amides is 1. The van der Waals surface area contributed by atoms with Crippen LogP contribution in [0, 0.1) is 0 Å². The molecule has 0 saturated heterocycles. The van der Waals surface area contributed by atoms with Gasteiger partial charge in [0.15, 0.2) is 5.13 Å². The van der Waals surface area contributed by atoms with Crippen molar-refractivity contribution in [3.8, 4) is 5.13 Å². The van der Waals surface area contributed by atoms with E-state index in [1.807, 2.05) is 34.5 Å². The Morgan fingerprint density at radius 3 is 2.90 bits per heavy atom. The van der Waals surface area contributed by atoms with E-state index in [2.05, 4.69) is 15.3 Å². The van der Waals surface area contributed by atoms with Crippen molar-refractivity contribution in [3.05, 3.63) is 60.1 Å². The summed E-state index contributed by atoms with van der Waals surface area (Å²) in [5.41, 5.74) is 1.46. The third-order valence-corrected chi connectivity index (χ3v) is 3.55. The first-order valence-electron chi connectivity index (χ1n) is 6.09. The number of nitrogens with one attached hydrogen (secondary N) is 1. The van der Waals surface area contributed by atoms with Gasteiger partial charge in [-0.1, -0.05) is 0 Å². The zero-order chi connectivity index (χ0) is 13.8. The van der Waals surface area contributed by atoms with E-state index in [-0.39, 0.29) is 12.3 Å². The van der Waals surface area contributed by atoms with Gasteiger partial charge in [0.05, 0.1) is 24.0 Å². The summed E-state index contributed by atoms with van der Waals surface area (Å²) in [6, 6.07) is 7.46. The van der Waals surface area contributed by atoms with Crippen LogP contribution in [0.1, 0.15) is 5.69 Å². The zero-order valence-electron chi connectivity index (χ0n) is 10.6. The molecule has 0 saturated carbocycles. The molecule has 0 atom stereocenters. The highest BCUT2D eigenvalue weighted by Crippen LogP contribution is 2.15. The van der Waals surface area contributed by atoms with E-state index in [0.717, 1.165) is 10.8 Å². The predicted molar refractivity (Wildman–Crippen MR) is 78.0 cm³/mol. The number of nitrogens with zero attached hydrogens (tertiary/aromatic N) is 3. The van der Waals surface area contributed by atoms with E-state index in [9.17, 15) is 4.79 Å². The maximum atomic E-state index is 11.9. The first kappa shape index (κ1) is 12.6. The first-order chi connectivity index (χ1) is 9.81. The molecular formula is C14H12N4OS. The average Bonchev–Trinajstić information content (AvgIpc) is 3.10. The number of anilines is 1. The molecular weight excluding hydrogens is 272 g/mol. The molecule has 0 aliphatic carbocycles. The third-order valence-electron chi connectivity index (χ3n) is 2.65. The molecule has 20 heavy (non-hydrogen) atoms. The second kappa shape index (κ2) is 5.66. The van der Waals surface area contributed by atoms with Gasteiger partial charge in [0.25, 0.3) is 0 Å². The SMILES string of the molecule is O=C(Cc1csc(-n2cccc2)n1)Nc1cccnc1. The standard InChI is InChI=1S/C14H12N4OS/c19-13(16-11-4-3-5-15-9-11)8-12-10-20-14(17-12)18-6-1-2-7-18/h1-7,9-10H,8H2,(H,16,19). The lowest BCUT2D eigenvalue weighted by Gasteiger charge is -2.02. The molecule has 0 bridgehead atoms. The minimum absolute atomic E-state index is 0.0950. The van der Waals surface area contributed by atoms with Crippen LogP contribution in [0.5, 0.6) is 0 Å². The van der Waals surface area contributed by atoms with Crippen LogP contribution in [0.2, 0.25) is 0 Å². The number of carbonyl (C=O) groups is 1. The lowest BCUT2D eigenvalue weighted by Crippen LogP contribution is -2.14. The van der Waals surface area contributed by atoms with Crippen LogP contribution >= 0.6 is 11.3 Å². The summed E-state index contributed by atoms with van der Waals surface area (Å²) >= 11 is 1.52. The second-order valence-electron chi connectivity index (χ2n) is 4.18. The lowest BCUT2D eigenvalue weighted by atomic mass is 10.3. The largest absolute Gasteiger partial charge is 0.324 e. The van der Waals surface area contributed by atoms with Crippen molar-refractivity contribution < 1.29 is 4.79 Å². The van der Waals surface area contributed by atoms with E-state index in [4.69, 9.17) is 0 Å². The number of carbonyl (C=O) groups excluding carboxylic acids is 1. The fourth-order valence-corrected chi connectivity index (χ4v) is 2.56. The van der Waals surface area contributed by atoms with Crippen LogP contribution in [0.25, 0.3) is 5.13 Å². The highest BCUT2D eigenvalue weighted by Gasteiger charge is 2.08. The fourth-order valence-electron chi connectivity index (χ4n) is 1.76. The highest BCUT2D eigenvalue weighted by molar-refractivity contribution is 7.12. The molecule has 0 unspecified atom stereocenters. The van der Waals surface area contributed by atoms with Gasteiger partial charge in [-0.2, -0.15) is 0 Å². The van der Waals surface area contributed by atoms with Crippen molar-refractivity contribution in [2.24, 2.45) is 0 Å². The molecule has 0 fully saturated rings. The van der Waals surface area contributed by atoms with Gasteiger partial charge in [-0.15, -0.1) is 11.3 Å². The molecule has 6 heteroatoms. The molecule has 3 aromatic heterocycles. The second-order valence-corrected chi connectivity index (χ2v) is 5.01. The van der Waals surface area contributed by atoms with Gasteiger partial charge >= 0.3 is 0 Å². The molecule has 0 radical (unpaired) electrons. The molecule has 3 rings (SSSR count). The van der Waals surface area contributed by atoms with Crippen LogP contribution in [0.3, 0.4) is 0 Å². The Bertz CT molecular complexity index is 691. The average molecular weight is 284 g/mol. The monoisotopic (exact) mass is 284 g/mol. The number of thiazole rings is 1. The maximum absolute atomic E-state index is 11.9. The Hall–Kier alpha value is -2.47. The van der Waals surface area contributed by atoms with Crippen molar-refractivity contribution in [1.82, 2.24) is 14.5 Å². The van der Waals surface area contributed by atoms with Crippen LogP contribution in [0.15, 0.2) is 54.4 Å². The van der Waals surface area contributed by atoms with Gasteiger partial charge in [-0.05, 0) is 24.3 Å². The quantitative estimate of drug-likeness (QED) is 0.800. The van der Waals surface area contributed by atoms with Crippen molar-refractivity contribution in [3.63, 3.8) is 0 Å². The smallest absolute Gasteiger partial charge is 0.230 e. The Morgan fingerprint density at radius 1 is 1.30 bits per heavy atom. The van der Waals surface area contributed by atoms with Gasteiger partial charge < -0.3 is 9.88 Å². The van der Waals surface area contributed by atoms with Gasteiger partial charge in [0.1, 0.15) is 0 Å². The van der Waals surface area contributed by atoms with Crippen molar-refractivity contribution in [2.75, 3.05) is 5.32 Å². The summed E-state index contributed by atoms with van der Waals surface area (Å²) in [6.45, 7) is 0. The van der Waals surface area contributed by atoms with Gasteiger partial charge in [-0.3, -0.25) is 9.78 Å². The van der Waals surface area contributed by atoms with Crippen molar-refractivity contribution in [1.29, 1.82) is 0 Å². The summed E-state index contributed by atoms with van der Waals surface area (Å²) in [5, 5.41) is 5.55. The van der Waals surface area contributed by atoms with E-state index in [1.165, 1.54) is 11.3 Å². The van der Waals surface area contributed by atoms with Crippen LogP contribution in [-0.2, 0) is 11.2 Å². The summed E-state index contributed by atoms with van der Waals surface area (Å²) in [5.74, 6) is -0.0950. The molecule has 1 amide bonds. The van der Waals surface area contributed by atoms with Crippen LogP contribution in [-0.4, -0.2) is 20.4 Å². The lowest BCUT2D eigenvalue weighted by molar-refractivity contribution is -0.115. The molecule has 0 aliphatic rings. The summed E-state index contributed by atoms with van der Waals surface area (Å²) in [4.78, 5) is 20.3. The van der Waals surface area contributed by atoms with Gasteiger partial charge in [0.2, 0.25) is 5.91 Å². The Labute approximate surface area is 119 Å². The Balaban J connectivity index is 1.65. The molecule has 0 aliphatic heterocycles. The predicted octanol–water partition coefficient (Wildman–Crippen LogP) is 2.51. The molecule has 100 valence electrons. The van der Waals surface area contributed by atoms with Crippen molar-refractivity contribution >= 4 is 22.9 Å². The molecule has 0 spiro atoms. The van der Waals surface area contributed by atoms with E-state index < -0.39 is 0 Å². The first-order valence-corrected chi connectivity index (χ1v) is 6.97. The van der Waals surface area contributed by atoms with E-state index in [1.54, 1.807) is 24.5 Å². The zero-order valence-corrected chi connectivity index (χ0v) is 11.4. The van der Waals surface area contributed by atoms with Gasteiger partial charge in [-0.25, -0.2) is 4.98 Å². The summed E-state index contributed by atoms with van der Waals surface area (Å²) in [6.07, 6.45) is 7.40. The Kier molecular flexibility index (Phi) is 3.56. The van der Waals surface area contributed by atoms with E-state index in [0.29, 0.717) is 5.69 Å². The molecule has 3 heterocycles. The summed E-state index contributed by atoms with van der Waals surface area (Å²) in [7, 11) is 0. The summed E-state index contributed by atoms with van der Waals surface area (Å²) < 4.78 is 1.92. The van der Waals surface area contributed by atoms with Crippen LogP contribution in [0.4, 0.5) is 5.69 Å². The van der Waals surface area contributed by atoms with Gasteiger partial charge in [0, 0.05) is 24.0 Å². The maximum Gasteiger partial charge on any atom is 0.230 e. The normalized spacial score (nSPS) is 10.4. The minimum atomic E-state index is -0.0950. The number of aromatic nitrogens is 3.